The average Bonchev–Trinajstić information content (AvgIpc) is 2.17. The molecule has 0 atom stereocenters. The molecule has 0 bridgehead atoms. The Kier molecular flexibility index (Phi) is 3.84. The van der Waals surface area contributed by atoms with Crippen LogP contribution in [0.1, 0.15) is 6.92 Å². The molecule has 0 unspecified atom stereocenters. The van der Waals surface area contributed by atoms with Crippen molar-refractivity contribution in [2.75, 3.05) is 6.54 Å². The fourth-order valence-corrected chi connectivity index (χ4v) is 2.59. The van der Waals surface area contributed by atoms with E-state index in [1.807, 2.05) is 0 Å². The highest BCUT2D eigenvalue weighted by Crippen LogP contribution is 2.26. The molecular weight excluding hydrogens is 256 g/mol. The highest BCUT2D eigenvalue weighted by molar-refractivity contribution is 7.89. The Morgan fingerprint density at radius 1 is 1.50 bits per heavy atom. The molecule has 1 aromatic rings. The molecule has 16 heavy (non-hydrogen) atoms. The quantitative estimate of drug-likeness (QED) is 0.660. The van der Waals surface area contributed by atoms with Gasteiger partial charge in [0.25, 0.3) is 5.69 Å². The van der Waals surface area contributed by atoms with Crippen LogP contribution < -0.4 is 4.72 Å². The molecule has 0 radical (unpaired) electrons. The number of rotatable bonds is 4. The van der Waals surface area contributed by atoms with Crippen molar-refractivity contribution in [2.45, 2.75) is 11.8 Å². The Morgan fingerprint density at radius 3 is 2.62 bits per heavy atom. The van der Waals surface area contributed by atoms with Crippen LogP contribution in [-0.2, 0) is 10.0 Å². The second kappa shape index (κ2) is 4.77. The van der Waals surface area contributed by atoms with Gasteiger partial charge < -0.3 is 0 Å². The summed E-state index contributed by atoms with van der Waals surface area (Å²) in [5.74, 6) is 0. The molecule has 1 rings (SSSR count). The van der Waals surface area contributed by atoms with Gasteiger partial charge in [0, 0.05) is 17.6 Å². The van der Waals surface area contributed by atoms with Gasteiger partial charge in [0.2, 0.25) is 10.0 Å². The fraction of sp³-hybridized carbons (Fsp3) is 0.250. The number of nitro benzene ring substituents is 1. The topological polar surface area (TPSA) is 89.3 Å². The predicted octanol–water partition coefficient (Wildman–Crippen LogP) is 1.55. The summed E-state index contributed by atoms with van der Waals surface area (Å²) in [4.78, 5) is 9.47. The van der Waals surface area contributed by atoms with Crippen molar-refractivity contribution in [2.24, 2.45) is 0 Å². The number of nitrogens with zero attached hydrogens (tertiary/aromatic N) is 1. The lowest BCUT2D eigenvalue weighted by atomic mass is 10.3. The second-order valence-corrected chi connectivity index (χ2v) is 5.04. The Balaban J connectivity index is 3.42. The van der Waals surface area contributed by atoms with Crippen LogP contribution in [-0.4, -0.2) is 19.9 Å². The van der Waals surface area contributed by atoms with Crippen molar-refractivity contribution in [3.63, 3.8) is 0 Å². The van der Waals surface area contributed by atoms with Gasteiger partial charge in [-0.1, -0.05) is 18.5 Å². The first-order chi connectivity index (χ1) is 7.38. The van der Waals surface area contributed by atoms with Gasteiger partial charge in [-0.3, -0.25) is 10.1 Å². The third-order valence-electron chi connectivity index (χ3n) is 1.74. The Morgan fingerprint density at radius 2 is 2.12 bits per heavy atom. The number of hydrogen-bond donors (Lipinski definition) is 1. The lowest BCUT2D eigenvalue weighted by Gasteiger charge is -2.05. The summed E-state index contributed by atoms with van der Waals surface area (Å²) in [6.07, 6.45) is 0. The third kappa shape index (κ3) is 2.69. The zero-order chi connectivity index (χ0) is 12.3. The predicted molar refractivity (Wildman–Crippen MR) is 59.0 cm³/mol. The van der Waals surface area contributed by atoms with Crippen molar-refractivity contribution >= 4 is 27.3 Å². The van der Waals surface area contributed by atoms with Gasteiger partial charge in [0.1, 0.15) is 0 Å². The standard InChI is InChI=1S/C8H9ClN2O4S/c1-2-10-16(14,15)8-5-6(9)3-4-7(8)11(12)13/h3-5,10H,2H2,1H3. The molecule has 0 aliphatic heterocycles. The Labute approximate surface area is 97.4 Å². The average molecular weight is 265 g/mol. The van der Waals surface area contributed by atoms with E-state index >= 15 is 0 Å². The highest BCUT2D eigenvalue weighted by Gasteiger charge is 2.25. The fourth-order valence-electron chi connectivity index (χ4n) is 1.12. The normalized spacial score (nSPS) is 11.4. The molecule has 0 amide bonds. The molecule has 1 N–H and O–H groups in total. The van der Waals surface area contributed by atoms with E-state index in [2.05, 4.69) is 4.72 Å². The van der Waals surface area contributed by atoms with Crippen LogP contribution in [0.25, 0.3) is 0 Å². The molecule has 0 spiro atoms. The zero-order valence-corrected chi connectivity index (χ0v) is 9.88. The SMILES string of the molecule is CCNS(=O)(=O)c1cc(Cl)ccc1[N+](=O)[O-]. The minimum Gasteiger partial charge on any atom is -0.258 e. The number of halogens is 1. The molecule has 8 heteroatoms. The smallest absolute Gasteiger partial charge is 0.258 e. The first kappa shape index (κ1) is 12.9. The van der Waals surface area contributed by atoms with Gasteiger partial charge >= 0.3 is 0 Å². The van der Waals surface area contributed by atoms with Crippen LogP contribution in [0.5, 0.6) is 0 Å². The number of nitro groups is 1. The van der Waals surface area contributed by atoms with E-state index in [-0.39, 0.29) is 11.6 Å². The number of benzene rings is 1. The van der Waals surface area contributed by atoms with Crippen molar-refractivity contribution in [3.8, 4) is 0 Å². The monoisotopic (exact) mass is 264 g/mol. The summed E-state index contributed by atoms with van der Waals surface area (Å²) < 4.78 is 25.4. The van der Waals surface area contributed by atoms with E-state index in [9.17, 15) is 18.5 Å². The van der Waals surface area contributed by atoms with Crippen LogP contribution >= 0.6 is 11.6 Å². The Hall–Kier alpha value is -1.18. The maximum Gasteiger partial charge on any atom is 0.289 e. The van der Waals surface area contributed by atoms with Crippen LogP contribution in [0.4, 0.5) is 5.69 Å². The molecule has 0 saturated carbocycles. The molecule has 0 aliphatic rings. The van der Waals surface area contributed by atoms with Crippen molar-refractivity contribution < 1.29 is 13.3 Å². The molecule has 1 aromatic carbocycles. The van der Waals surface area contributed by atoms with E-state index in [4.69, 9.17) is 11.6 Å². The maximum atomic E-state index is 11.6. The molecule has 6 nitrogen and oxygen atoms in total. The highest BCUT2D eigenvalue weighted by atomic mass is 35.5. The maximum absolute atomic E-state index is 11.6. The summed E-state index contributed by atoms with van der Waals surface area (Å²) in [5, 5.41) is 10.8. The summed E-state index contributed by atoms with van der Waals surface area (Å²) >= 11 is 5.61. The summed E-state index contributed by atoms with van der Waals surface area (Å²) in [5.41, 5.74) is -0.495. The Bertz CT molecular complexity index is 515. The number of hydrogen-bond acceptors (Lipinski definition) is 4. The molecular formula is C8H9ClN2O4S. The van der Waals surface area contributed by atoms with Crippen LogP contribution in [0, 0.1) is 10.1 Å². The van der Waals surface area contributed by atoms with Crippen LogP contribution in [0.15, 0.2) is 23.1 Å². The van der Waals surface area contributed by atoms with Gasteiger partial charge in [0.15, 0.2) is 4.90 Å². The lowest BCUT2D eigenvalue weighted by Crippen LogP contribution is -2.24. The van der Waals surface area contributed by atoms with Crippen molar-refractivity contribution in [1.29, 1.82) is 0 Å². The minimum absolute atomic E-state index is 0.127. The third-order valence-corrected chi connectivity index (χ3v) is 3.55. The van der Waals surface area contributed by atoms with Gasteiger partial charge in [-0.05, 0) is 12.1 Å². The van der Waals surface area contributed by atoms with Crippen molar-refractivity contribution in [3.05, 3.63) is 33.3 Å². The molecule has 0 aliphatic carbocycles. The molecule has 0 fully saturated rings. The summed E-state index contributed by atoms with van der Waals surface area (Å²) in [6, 6.07) is 3.38. The van der Waals surface area contributed by atoms with E-state index in [1.165, 1.54) is 6.07 Å². The number of sulfonamides is 1. The van der Waals surface area contributed by atoms with Crippen LogP contribution in [0.2, 0.25) is 5.02 Å². The van der Waals surface area contributed by atoms with Crippen molar-refractivity contribution in [1.82, 2.24) is 4.72 Å². The molecule has 0 aromatic heterocycles. The van der Waals surface area contributed by atoms with Gasteiger partial charge in [-0.2, -0.15) is 0 Å². The zero-order valence-electron chi connectivity index (χ0n) is 8.31. The molecule has 0 heterocycles. The summed E-state index contributed by atoms with van der Waals surface area (Å²) in [6.45, 7) is 1.72. The summed E-state index contributed by atoms with van der Waals surface area (Å²) in [7, 11) is -3.88. The van der Waals surface area contributed by atoms with Crippen LogP contribution in [0.3, 0.4) is 0 Å². The van der Waals surface area contributed by atoms with E-state index in [1.54, 1.807) is 6.92 Å². The first-order valence-corrected chi connectivity index (χ1v) is 6.18. The molecule has 0 saturated heterocycles. The van der Waals surface area contributed by atoms with Gasteiger partial charge in [0.05, 0.1) is 4.92 Å². The van der Waals surface area contributed by atoms with Gasteiger partial charge in [-0.15, -0.1) is 0 Å². The van der Waals surface area contributed by atoms with E-state index in [0.717, 1.165) is 12.1 Å². The lowest BCUT2D eigenvalue weighted by molar-refractivity contribution is -0.387. The van der Waals surface area contributed by atoms with Gasteiger partial charge in [-0.25, -0.2) is 13.1 Å². The largest absolute Gasteiger partial charge is 0.289 e. The van der Waals surface area contributed by atoms with E-state index in [0.29, 0.717) is 0 Å². The minimum atomic E-state index is -3.88. The first-order valence-electron chi connectivity index (χ1n) is 4.32. The number of nitrogens with one attached hydrogen (secondary N) is 1. The molecule has 88 valence electrons. The second-order valence-electron chi connectivity index (χ2n) is 2.87. The van der Waals surface area contributed by atoms with E-state index < -0.39 is 25.5 Å².